The summed E-state index contributed by atoms with van der Waals surface area (Å²) in [6.07, 6.45) is 3.70. The number of carbonyl (C=O) groups excluding carboxylic acids is 1. The monoisotopic (exact) mass is 382 g/mol. The quantitative estimate of drug-likeness (QED) is 0.855. The number of aryl methyl sites for hydroxylation is 1. The number of rotatable bonds is 4. The molecule has 28 heavy (non-hydrogen) atoms. The lowest BCUT2D eigenvalue weighted by molar-refractivity contribution is -0.132. The van der Waals surface area contributed by atoms with E-state index in [1.54, 1.807) is 6.92 Å². The molecule has 1 aromatic carbocycles. The first-order valence-electron chi connectivity index (χ1n) is 9.85. The largest absolute Gasteiger partial charge is 0.339 e. The Bertz CT molecular complexity index is 966. The molecular weight excluding hydrogens is 356 g/mol. The summed E-state index contributed by atoms with van der Waals surface area (Å²) in [5, 5.41) is 0. The van der Waals surface area contributed by atoms with Gasteiger partial charge >= 0.3 is 5.69 Å². The number of benzene rings is 1. The van der Waals surface area contributed by atoms with Crippen LogP contribution in [0, 0.1) is 12.8 Å². The second-order valence-electron chi connectivity index (χ2n) is 8.01. The lowest BCUT2D eigenvalue weighted by Gasteiger charge is -2.36. The Morgan fingerprint density at radius 1 is 1.11 bits per heavy atom. The maximum absolute atomic E-state index is 12.9. The molecule has 2 atom stereocenters. The van der Waals surface area contributed by atoms with Gasteiger partial charge < -0.3 is 4.90 Å². The summed E-state index contributed by atoms with van der Waals surface area (Å²) in [7, 11) is 0. The maximum atomic E-state index is 12.9. The van der Waals surface area contributed by atoms with E-state index in [2.05, 4.69) is 34.1 Å². The van der Waals surface area contributed by atoms with Crippen LogP contribution >= 0.6 is 0 Å². The second-order valence-corrected chi connectivity index (χ2v) is 8.01. The first-order chi connectivity index (χ1) is 13.5. The van der Waals surface area contributed by atoms with Gasteiger partial charge in [-0.1, -0.05) is 30.3 Å². The number of nitrogens with one attached hydrogen (secondary N) is 1. The van der Waals surface area contributed by atoms with Gasteiger partial charge in [-0.25, -0.2) is 4.79 Å². The summed E-state index contributed by atoms with van der Waals surface area (Å²) in [4.78, 5) is 43.1. The molecule has 2 aromatic rings. The van der Waals surface area contributed by atoms with Crippen molar-refractivity contribution in [1.82, 2.24) is 19.4 Å². The van der Waals surface area contributed by atoms with Crippen LogP contribution in [-0.4, -0.2) is 50.9 Å². The average molecular weight is 382 g/mol. The zero-order valence-corrected chi connectivity index (χ0v) is 16.1. The van der Waals surface area contributed by atoms with Gasteiger partial charge in [-0.15, -0.1) is 0 Å². The molecule has 0 spiro atoms. The molecule has 5 rings (SSSR count). The standard InChI is InChI=1S/C21H26N4O3/c1-15-9-25(21(28)22-20(15)27)14-19(26)24-12-17-7-8-18(13-24)23(11-17)10-16-5-3-2-4-6-16/h2-6,9,17-18H,7-8,10-14H2,1H3,(H,22,27,28)/t17-,18-/m0/s1. The summed E-state index contributed by atoms with van der Waals surface area (Å²) >= 11 is 0. The highest BCUT2D eigenvalue weighted by molar-refractivity contribution is 5.76. The predicted molar refractivity (Wildman–Crippen MR) is 106 cm³/mol. The zero-order chi connectivity index (χ0) is 19.7. The Balaban J connectivity index is 1.47. The summed E-state index contributed by atoms with van der Waals surface area (Å²) in [6, 6.07) is 10.8. The summed E-state index contributed by atoms with van der Waals surface area (Å²) in [6.45, 7) is 4.93. The summed E-state index contributed by atoms with van der Waals surface area (Å²) < 4.78 is 1.30. The molecule has 3 aliphatic heterocycles. The third-order valence-corrected chi connectivity index (χ3v) is 5.90. The minimum Gasteiger partial charge on any atom is -0.339 e. The van der Waals surface area contributed by atoms with E-state index < -0.39 is 11.2 Å². The van der Waals surface area contributed by atoms with Gasteiger partial charge in [-0.3, -0.25) is 24.0 Å². The number of carbonyl (C=O) groups is 1. The fraction of sp³-hybridized carbons (Fsp3) is 0.476. The van der Waals surface area contributed by atoms with Crippen molar-refractivity contribution in [3.63, 3.8) is 0 Å². The van der Waals surface area contributed by atoms with Gasteiger partial charge in [0.25, 0.3) is 5.56 Å². The van der Waals surface area contributed by atoms with E-state index in [0.29, 0.717) is 24.1 Å². The predicted octanol–water partition coefficient (Wildman–Crippen LogP) is 0.968. The van der Waals surface area contributed by atoms with Crippen molar-refractivity contribution < 1.29 is 4.79 Å². The third kappa shape index (κ3) is 3.94. The number of fused-ring (bicyclic) bond motifs is 4. The Kier molecular flexibility index (Phi) is 5.17. The van der Waals surface area contributed by atoms with Gasteiger partial charge in [0, 0.05) is 44.0 Å². The fourth-order valence-corrected chi connectivity index (χ4v) is 4.38. The van der Waals surface area contributed by atoms with Crippen molar-refractivity contribution in [2.45, 2.75) is 38.9 Å². The van der Waals surface area contributed by atoms with Crippen molar-refractivity contribution in [1.29, 1.82) is 0 Å². The highest BCUT2D eigenvalue weighted by Gasteiger charge is 2.36. The molecule has 2 bridgehead atoms. The van der Waals surface area contributed by atoms with Gasteiger partial charge in [0.05, 0.1) is 0 Å². The van der Waals surface area contributed by atoms with Crippen molar-refractivity contribution in [2.75, 3.05) is 19.6 Å². The van der Waals surface area contributed by atoms with Gasteiger partial charge in [0.2, 0.25) is 5.91 Å². The maximum Gasteiger partial charge on any atom is 0.328 e. The fourth-order valence-electron chi connectivity index (χ4n) is 4.38. The number of hydrogen-bond acceptors (Lipinski definition) is 4. The van der Waals surface area contributed by atoms with E-state index in [4.69, 9.17) is 0 Å². The molecule has 3 aliphatic rings. The van der Waals surface area contributed by atoms with Gasteiger partial charge in [-0.05, 0) is 31.2 Å². The van der Waals surface area contributed by atoms with Crippen LogP contribution in [-0.2, 0) is 17.9 Å². The first kappa shape index (κ1) is 18.7. The molecule has 7 heteroatoms. The molecule has 3 fully saturated rings. The van der Waals surface area contributed by atoms with Crippen molar-refractivity contribution in [2.24, 2.45) is 5.92 Å². The van der Waals surface area contributed by atoms with Gasteiger partial charge in [0.15, 0.2) is 0 Å². The highest BCUT2D eigenvalue weighted by Crippen LogP contribution is 2.29. The molecule has 7 nitrogen and oxygen atoms in total. The molecular formula is C21H26N4O3. The Morgan fingerprint density at radius 2 is 1.89 bits per heavy atom. The topological polar surface area (TPSA) is 78.4 Å². The van der Waals surface area contributed by atoms with E-state index in [-0.39, 0.29) is 12.5 Å². The number of aromatic amines is 1. The van der Waals surface area contributed by atoms with Crippen LogP contribution in [0.1, 0.15) is 24.0 Å². The molecule has 0 radical (unpaired) electrons. The molecule has 0 saturated carbocycles. The highest BCUT2D eigenvalue weighted by atomic mass is 16.2. The van der Waals surface area contributed by atoms with Crippen LogP contribution in [0.15, 0.2) is 46.1 Å². The lowest BCUT2D eigenvalue weighted by Crippen LogP contribution is -2.44. The summed E-state index contributed by atoms with van der Waals surface area (Å²) in [5.74, 6) is 0.396. The molecule has 1 N–H and O–H groups in total. The molecule has 1 amide bonds. The molecule has 1 aromatic heterocycles. The van der Waals surface area contributed by atoms with Crippen molar-refractivity contribution in [3.8, 4) is 0 Å². The number of nitrogens with zero attached hydrogens (tertiary/aromatic N) is 3. The Labute approximate surface area is 163 Å². The van der Waals surface area contributed by atoms with Crippen LogP contribution in [0.4, 0.5) is 0 Å². The molecule has 0 unspecified atom stereocenters. The minimum absolute atomic E-state index is 0.0332. The van der Waals surface area contributed by atoms with Gasteiger partial charge in [0.1, 0.15) is 6.54 Å². The normalized spacial score (nSPS) is 22.2. The Hall–Kier alpha value is -2.67. The van der Waals surface area contributed by atoms with E-state index in [1.807, 2.05) is 11.0 Å². The molecule has 148 valence electrons. The number of H-pyrrole nitrogens is 1. The van der Waals surface area contributed by atoms with Gasteiger partial charge in [-0.2, -0.15) is 0 Å². The SMILES string of the molecule is Cc1cn(CC(=O)N2C[C@H]3CC[C@@H](C2)N(Cc2ccccc2)C3)c(=O)[nH]c1=O. The smallest absolute Gasteiger partial charge is 0.328 e. The number of aromatic nitrogens is 2. The summed E-state index contributed by atoms with van der Waals surface area (Å²) in [5.41, 5.74) is 0.783. The molecule has 0 aliphatic carbocycles. The van der Waals surface area contributed by atoms with Crippen LogP contribution in [0.3, 0.4) is 0 Å². The number of hydrogen-bond donors (Lipinski definition) is 1. The van der Waals surface area contributed by atoms with E-state index in [0.717, 1.165) is 32.5 Å². The number of amides is 1. The van der Waals surface area contributed by atoms with Crippen molar-refractivity contribution >= 4 is 5.91 Å². The third-order valence-electron chi connectivity index (χ3n) is 5.90. The van der Waals surface area contributed by atoms with E-state index in [1.165, 1.54) is 16.3 Å². The number of piperidine rings is 1. The molecule has 4 heterocycles. The van der Waals surface area contributed by atoms with Crippen LogP contribution in [0.2, 0.25) is 0 Å². The van der Waals surface area contributed by atoms with Crippen LogP contribution < -0.4 is 11.2 Å². The zero-order valence-electron chi connectivity index (χ0n) is 16.1. The Morgan fingerprint density at radius 3 is 2.68 bits per heavy atom. The minimum atomic E-state index is -0.535. The molecule has 3 saturated heterocycles. The first-order valence-corrected chi connectivity index (χ1v) is 9.85. The van der Waals surface area contributed by atoms with Crippen molar-refractivity contribution in [3.05, 3.63) is 68.5 Å². The van der Waals surface area contributed by atoms with E-state index in [9.17, 15) is 14.4 Å². The van der Waals surface area contributed by atoms with Crippen LogP contribution in [0.5, 0.6) is 0 Å². The van der Waals surface area contributed by atoms with E-state index >= 15 is 0 Å². The van der Waals surface area contributed by atoms with Crippen LogP contribution in [0.25, 0.3) is 0 Å². The average Bonchev–Trinajstić information content (AvgIpc) is 2.99. The lowest BCUT2D eigenvalue weighted by atomic mass is 9.94. The second kappa shape index (κ2) is 7.75.